The minimum Gasteiger partial charge on any atom is -0.464 e. The lowest BCUT2D eigenvalue weighted by Gasteiger charge is -2.10. The predicted octanol–water partition coefficient (Wildman–Crippen LogP) is 2.67. The number of hydrogen-bond acceptors (Lipinski definition) is 5. The van der Waals surface area contributed by atoms with Crippen LogP contribution >= 0.6 is 23.4 Å². The molecule has 8 nitrogen and oxygen atoms in total. The number of thioether (sulfide) groups is 1. The summed E-state index contributed by atoms with van der Waals surface area (Å²) in [6, 6.07) is 13.3. The molecule has 0 fully saturated rings. The minimum absolute atomic E-state index is 0.0496. The number of nitrogens with one attached hydrogen (secondary N) is 2. The Balaban J connectivity index is 1.70. The van der Waals surface area contributed by atoms with E-state index in [-0.39, 0.29) is 28.1 Å². The smallest absolute Gasteiger partial charge is 0.346 e. The molecule has 3 aromatic rings. The number of carbonyl (C=O) groups excluding carboxylic acids is 1. The zero-order chi connectivity index (χ0) is 21.5. The van der Waals surface area contributed by atoms with Gasteiger partial charge < -0.3 is 19.8 Å². The predicted molar refractivity (Wildman–Crippen MR) is 120 cm³/mol. The third-order valence-electron chi connectivity index (χ3n) is 3.92. The van der Waals surface area contributed by atoms with Gasteiger partial charge in [0.05, 0.1) is 12.0 Å². The van der Waals surface area contributed by atoms with Crippen molar-refractivity contribution >= 4 is 56.7 Å². The number of halogens is 1. The Morgan fingerprint density at radius 3 is 2.60 bits per heavy atom. The molecule has 3 rings (SSSR count). The van der Waals surface area contributed by atoms with Crippen molar-refractivity contribution in [3.63, 3.8) is 0 Å². The van der Waals surface area contributed by atoms with Gasteiger partial charge in [-0.2, -0.15) is 0 Å². The highest BCUT2D eigenvalue weighted by Gasteiger charge is 2.15. The molecule has 2 amide bonds. The lowest BCUT2D eigenvalue weighted by molar-refractivity contribution is -0.110. The second-order valence-corrected chi connectivity index (χ2v) is 7.70. The second kappa shape index (κ2) is 10.0. The quantitative estimate of drug-likeness (QED) is 0.250. The zero-order valence-corrected chi connectivity index (χ0v) is 17.4. The van der Waals surface area contributed by atoms with E-state index in [1.165, 1.54) is 17.8 Å². The summed E-state index contributed by atoms with van der Waals surface area (Å²) in [4.78, 5) is 24.5. The van der Waals surface area contributed by atoms with Gasteiger partial charge in [0, 0.05) is 22.5 Å². The number of amides is 2. The van der Waals surface area contributed by atoms with Crippen molar-refractivity contribution in [2.24, 2.45) is 5.73 Å². The third-order valence-corrected chi connectivity index (χ3v) is 5.10. The van der Waals surface area contributed by atoms with Gasteiger partial charge in [0.15, 0.2) is 0 Å². The van der Waals surface area contributed by atoms with E-state index in [0.717, 1.165) is 0 Å². The number of anilines is 2. The van der Waals surface area contributed by atoms with Crippen LogP contribution in [0.2, 0.25) is 5.02 Å². The van der Waals surface area contributed by atoms with E-state index in [1.807, 2.05) is 18.2 Å². The number of para-hydroxylation sites is 1. The van der Waals surface area contributed by atoms with E-state index in [9.17, 15) is 9.59 Å². The van der Waals surface area contributed by atoms with E-state index < -0.39 is 11.7 Å². The Kier molecular flexibility index (Phi) is 7.21. The molecule has 1 heterocycles. The normalized spacial score (nSPS) is 10.6. The fourth-order valence-electron chi connectivity index (χ4n) is 2.60. The number of carbonyl (C=O) groups is 1. The molecule has 0 aliphatic carbocycles. The lowest BCUT2D eigenvalue weighted by Crippen LogP contribution is -2.43. The molecule has 0 unspecified atom stereocenters. The first-order valence-corrected chi connectivity index (χ1v) is 10.3. The number of hydrogen-bond donors (Lipinski definition) is 4. The molecule has 10 heteroatoms. The van der Waals surface area contributed by atoms with Gasteiger partial charge in [-0.3, -0.25) is 11.1 Å². The molecule has 0 saturated heterocycles. The van der Waals surface area contributed by atoms with Crippen LogP contribution in [-0.4, -0.2) is 23.6 Å². The fourth-order valence-corrected chi connectivity index (χ4v) is 3.35. The molecule has 0 spiro atoms. The molecular weight excluding hydrogens is 428 g/mol. The average molecular weight is 448 g/mol. The van der Waals surface area contributed by atoms with Crippen molar-refractivity contribution in [1.29, 1.82) is 0 Å². The van der Waals surface area contributed by atoms with Crippen LogP contribution in [0.5, 0.6) is 5.95 Å². The summed E-state index contributed by atoms with van der Waals surface area (Å²) in [5.41, 5.74) is 5.82. The van der Waals surface area contributed by atoms with Crippen LogP contribution in [0, 0.1) is 0 Å². The van der Waals surface area contributed by atoms with E-state index in [2.05, 4.69) is 10.6 Å². The van der Waals surface area contributed by atoms with Crippen molar-refractivity contribution in [2.75, 3.05) is 23.0 Å². The highest BCUT2D eigenvalue weighted by atomic mass is 35.5. The van der Waals surface area contributed by atoms with Crippen LogP contribution in [0.3, 0.4) is 0 Å². The molecular formula is C20H20ClN4O4S+. The summed E-state index contributed by atoms with van der Waals surface area (Å²) in [5, 5.41) is 11.9. The number of rotatable bonds is 7. The van der Waals surface area contributed by atoms with Gasteiger partial charge in [0.25, 0.3) is 5.17 Å². The Bertz CT molecular complexity index is 1120. The number of amidine groups is 1. The SMILES string of the molecule is NC(=[NH2+])SCCCOc1oc(=O)c2cc(NC(=O)Nc3ccccc3)ccc2c1Cl. The highest BCUT2D eigenvalue weighted by Crippen LogP contribution is 2.32. The summed E-state index contributed by atoms with van der Waals surface area (Å²) >= 11 is 7.65. The first kappa shape index (κ1) is 21.5. The number of ether oxygens (including phenoxy) is 1. The molecule has 0 aliphatic heterocycles. The van der Waals surface area contributed by atoms with E-state index >= 15 is 0 Å². The largest absolute Gasteiger partial charge is 0.464 e. The first-order valence-electron chi connectivity index (χ1n) is 8.97. The molecule has 0 atom stereocenters. The van der Waals surface area contributed by atoms with Crippen LogP contribution in [0.15, 0.2) is 57.7 Å². The standard InChI is InChI=1S/C20H19ClN4O4S/c21-16-14-8-7-13(25-20(27)24-12-5-2-1-3-6-12)11-15(14)17(26)29-18(16)28-9-4-10-30-19(22)23/h1-3,5-8,11H,4,9-10H2,(H3,22,23)(H2,24,25,27)/p+1. The average Bonchev–Trinajstić information content (AvgIpc) is 2.71. The molecule has 6 N–H and O–H groups in total. The number of fused-ring (bicyclic) bond motifs is 1. The van der Waals surface area contributed by atoms with Gasteiger partial charge in [0.1, 0.15) is 5.02 Å². The van der Waals surface area contributed by atoms with E-state index in [0.29, 0.717) is 28.9 Å². The van der Waals surface area contributed by atoms with Crippen LogP contribution in [0.1, 0.15) is 6.42 Å². The molecule has 0 bridgehead atoms. The summed E-state index contributed by atoms with van der Waals surface area (Å²) in [6.45, 7) is 0.285. The molecule has 2 aromatic carbocycles. The van der Waals surface area contributed by atoms with Gasteiger partial charge in [-0.1, -0.05) is 35.9 Å². The molecule has 30 heavy (non-hydrogen) atoms. The maximum absolute atomic E-state index is 12.4. The summed E-state index contributed by atoms with van der Waals surface area (Å²) in [5.74, 6) is 0.615. The highest BCUT2D eigenvalue weighted by molar-refractivity contribution is 8.13. The lowest BCUT2D eigenvalue weighted by atomic mass is 10.1. The molecule has 0 saturated carbocycles. The van der Waals surface area contributed by atoms with E-state index in [1.54, 1.807) is 24.3 Å². The Morgan fingerprint density at radius 1 is 1.13 bits per heavy atom. The van der Waals surface area contributed by atoms with Crippen LogP contribution in [0.4, 0.5) is 16.2 Å². The van der Waals surface area contributed by atoms with Crippen LogP contribution in [0.25, 0.3) is 10.8 Å². The van der Waals surface area contributed by atoms with Gasteiger partial charge >= 0.3 is 17.6 Å². The van der Waals surface area contributed by atoms with Crippen molar-refractivity contribution < 1.29 is 19.4 Å². The molecule has 1 aromatic heterocycles. The number of urea groups is 1. The summed E-state index contributed by atoms with van der Waals surface area (Å²) in [7, 11) is 0. The Morgan fingerprint density at radius 2 is 1.87 bits per heavy atom. The maximum Gasteiger partial charge on any atom is 0.346 e. The number of nitrogens with two attached hydrogens (primary N) is 2. The van der Waals surface area contributed by atoms with Crippen molar-refractivity contribution in [1.82, 2.24) is 0 Å². The molecule has 156 valence electrons. The third kappa shape index (κ3) is 5.68. The van der Waals surface area contributed by atoms with Crippen molar-refractivity contribution in [2.45, 2.75) is 6.42 Å². The van der Waals surface area contributed by atoms with Gasteiger partial charge in [-0.05, 0) is 42.4 Å². The van der Waals surface area contributed by atoms with E-state index in [4.69, 9.17) is 31.9 Å². The Hall–Kier alpha value is -3.17. The number of benzene rings is 2. The molecule has 0 aliphatic rings. The van der Waals surface area contributed by atoms with Gasteiger partial charge in [-0.25, -0.2) is 9.59 Å². The van der Waals surface area contributed by atoms with Gasteiger partial charge in [-0.15, -0.1) is 0 Å². The second-order valence-electron chi connectivity index (χ2n) is 6.15. The van der Waals surface area contributed by atoms with Gasteiger partial charge in [0.2, 0.25) is 0 Å². The van der Waals surface area contributed by atoms with Crippen molar-refractivity contribution in [3.05, 3.63) is 64.0 Å². The van der Waals surface area contributed by atoms with Crippen LogP contribution < -0.4 is 32.1 Å². The maximum atomic E-state index is 12.4. The molecule has 0 radical (unpaired) electrons. The van der Waals surface area contributed by atoms with Crippen LogP contribution in [-0.2, 0) is 0 Å². The first-order chi connectivity index (χ1) is 14.4. The Labute approximate surface area is 181 Å². The fraction of sp³-hybridized carbons (Fsp3) is 0.150. The summed E-state index contributed by atoms with van der Waals surface area (Å²) in [6.07, 6.45) is 0.639. The topological polar surface area (TPSA) is 132 Å². The van der Waals surface area contributed by atoms with Crippen molar-refractivity contribution in [3.8, 4) is 5.95 Å². The summed E-state index contributed by atoms with van der Waals surface area (Å²) < 4.78 is 10.7. The monoisotopic (exact) mass is 447 g/mol. The zero-order valence-electron chi connectivity index (χ0n) is 15.8. The minimum atomic E-state index is -0.620.